The molecule has 0 N–H and O–H groups in total. The lowest BCUT2D eigenvalue weighted by Gasteiger charge is -1.96. The fourth-order valence-corrected chi connectivity index (χ4v) is 0.240. The first kappa shape index (κ1) is 8.59. The van der Waals surface area contributed by atoms with Gasteiger partial charge in [0.1, 0.15) is 0 Å². The molecule has 0 saturated heterocycles. The van der Waals surface area contributed by atoms with Crippen molar-refractivity contribution < 1.29 is 14.3 Å². The average molecular weight is 141 g/mol. The summed E-state index contributed by atoms with van der Waals surface area (Å²) < 4.78 is 4.38. The Morgan fingerprint density at radius 2 is 2.40 bits per heavy atom. The zero-order chi connectivity index (χ0) is 7.98. The summed E-state index contributed by atoms with van der Waals surface area (Å²) in [6.07, 6.45) is 1.23. The van der Waals surface area contributed by atoms with Crippen LogP contribution in [0.1, 0.15) is 6.92 Å². The molecular weight excluding hydrogens is 134 g/mol. The van der Waals surface area contributed by atoms with E-state index in [1.165, 1.54) is 13.0 Å². The van der Waals surface area contributed by atoms with Crippen LogP contribution in [0.25, 0.3) is 0 Å². The Hall–Kier alpha value is -1.41. The van der Waals surface area contributed by atoms with Crippen molar-refractivity contribution in [3.8, 4) is 0 Å². The summed E-state index contributed by atoms with van der Waals surface area (Å²) in [5, 5.41) is 0. The van der Waals surface area contributed by atoms with Gasteiger partial charge in [0.25, 0.3) is 0 Å². The number of aliphatic imine (C=N–C) groups is 1. The van der Waals surface area contributed by atoms with Crippen LogP contribution in [0.4, 0.5) is 0 Å². The molecule has 4 nitrogen and oxygen atoms in total. The fraction of sp³-hybridized carbons (Fsp3) is 0.333. The fourth-order valence-electron chi connectivity index (χ4n) is 0.240. The lowest BCUT2D eigenvalue weighted by atomic mass is 10.4. The van der Waals surface area contributed by atoms with Crippen LogP contribution in [-0.2, 0) is 14.3 Å². The molecule has 0 aliphatic rings. The number of ether oxygens (including phenoxy) is 1. The third-order valence-electron chi connectivity index (χ3n) is 0.673. The smallest absolute Gasteiger partial charge is 0.334 e. The number of hydrogen-bond acceptors (Lipinski definition) is 4. The van der Waals surface area contributed by atoms with Crippen molar-refractivity contribution in [1.82, 2.24) is 0 Å². The zero-order valence-corrected chi connectivity index (χ0v) is 5.59. The maximum Gasteiger partial charge on any atom is 0.334 e. The van der Waals surface area contributed by atoms with E-state index < -0.39 is 5.97 Å². The highest BCUT2D eigenvalue weighted by molar-refractivity contribution is 5.86. The molecule has 0 aliphatic carbocycles. The second-order valence-corrected chi connectivity index (χ2v) is 1.59. The maximum absolute atomic E-state index is 10.5. The van der Waals surface area contributed by atoms with Crippen LogP contribution in [0.5, 0.6) is 0 Å². The topological polar surface area (TPSA) is 55.7 Å². The van der Waals surface area contributed by atoms with E-state index in [2.05, 4.69) is 16.3 Å². The molecule has 54 valence electrons. The Labute approximate surface area is 58.2 Å². The Morgan fingerprint density at radius 1 is 1.80 bits per heavy atom. The molecule has 0 aromatic heterocycles. The lowest BCUT2D eigenvalue weighted by molar-refractivity contribution is -0.138. The average Bonchev–Trinajstić information content (AvgIpc) is 1.88. The number of rotatable bonds is 3. The Bertz CT molecular complexity index is 191. The molecule has 4 heteroatoms. The highest BCUT2D eigenvalue weighted by atomic mass is 16.5. The van der Waals surface area contributed by atoms with E-state index in [1.807, 2.05) is 0 Å². The van der Waals surface area contributed by atoms with E-state index in [0.29, 0.717) is 0 Å². The molecule has 0 atom stereocenters. The van der Waals surface area contributed by atoms with Gasteiger partial charge in [-0.25, -0.2) is 9.59 Å². The Kier molecular flexibility index (Phi) is 3.84. The monoisotopic (exact) mass is 141 g/mol. The SMILES string of the molecule is C=C(C)C(=O)OCN=C=O. The largest absolute Gasteiger partial charge is 0.438 e. The van der Waals surface area contributed by atoms with Crippen molar-refractivity contribution in [2.24, 2.45) is 4.99 Å². The van der Waals surface area contributed by atoms with Crippen LogP contribution >= 0.6 is 0 Å². The number of hydrogen-bond donors (Lipinski definition) is 0. The molecule has 0 saturated carbocycles. The van der Waals surface area contributed by atoms with E-state index in [-0.39, 0.29) is 12.3 Å². The van der Waals surface area contributed by atoms with Gasteiger partial charge in [-0.15, -0.1) is 0 Å². The quantitative estimate of drug-likeness (QED) is 0.247. The minimum atomic E-state index is -0.556. The molecule has 0 amide bonds. The predicted molar refractivity (Wildman–Crippen MR) is 33.9 cm³/mol. The van der Waals surface area contributed by atoms with Gasteiger partial charge in [-0.2, -0.15) is 4.99 Å². The molecule has 0 spiro atoms. The molecule has 0 aliphatic heterocycles. The second-order valence-electron chi connectivity index (χ2n) is 1.59. The van der Waals surface area contributed by atoms with Gasteiger partial charge in [0.2, 0.25) is 6.08 Å². The Morgan fingerprint density at radius 3 is 2.80 bits per heavy atom. The Balaban J connectivity index is 3.60. The van der Waals surface area contributed by atoms with Crippen LogP contribution in [0.2, 0.25) is 0 Å². The van der Waals surface area contributed by atoms with Gasteiger partial charge in [0.15, 0.2) is 6.73 Å². The maximum atomic E-state index is 10.5. The van der Waals surface area contributed by atoms with Crippen molar-refractivity contribution in [3.63, 3.8) is 0 Å². The molecule has 0 aromatic carbocycles. The van der Waals surface area contributed by atoms with Crippen LogP contribution in [0, 0.1) is 0 Å². The number of carbonyl (C=O) groups excluding carboxylic acids is 2. The van der Waals surface area contributed by atoms with Crippen molar-refractivity contribution in [3.05, 3.63) is 12.2 Å². The summed E-state index contributed by atoms with van der Waals surface area (Å²) in [6.45, 7) is 4.54. The standard InChI is InChI=1S/C6H7NO3/c1-5(2)6(9)10-4-7-3-8/h1,4H2,2H3. The van der Waals surface area contributed by atoms with Crippen molar-refractivity contribution >= 4 is 12.0 Å². The van der Waals surface area contributed by atoms with Gasteiger partial charge in [-0.3, -0.25) is 0 Å². The molecule has 0 heterocycles. The minimum absolute atomic E-state index is 0.279. The van der Waals surface area contributed by atoms with Crippen molar-refractivity contribution in [2.75, 3.05) is 6.73 Å². The molecule has 0 fully saturated rings. The summed E-state index contributed by atoms with van der Waals surface area (Å²) in [7, 11) is 0. The first-order valence-electron chi connectivity index (χ1n) is 2.54. The van der Waals surface area contributed by atoms with E-state index in [1.54, 1.807) is 0 Å². The molecule has 0 radical (unpaired) electrons. The molecule has 0 bridgehead atoms. The number of esters is 1. The van der Waals surface area contributed by atoms with Crippen molar-refractivity contribution in [1.29, 1.82) is 0 Å². The van der Waals surface area contributed by atoms with E-state index in [9.17, 15) is 9.59 Å². The third-order valence-corrected chi connectivity index (χ3v) is 0.673. The van der Waals surface area contributed by atoms with Crippen LogP contribution in [-0.4, -0.2) is 18.8 Å². The predicted octanol–water partition coefficient (Wildman–Crippen LogP) is 0.399. The second kappa shape index (κ2) is 4.47. The van der Waals surface area contributed by atoms with Gasteiger partial charge in [-0.1, -0.05) is 6.58 Å². The zero-order valence-electron chi connectivity index (χ0n) is 5.59. The minimum Gasteiger partial charge on any atom is -0.438 e. The molecular formula is C6H7NO3. The summed E-state index contributed by atoms with van der Waals surface area (Å²) in [5.41, 5.74) is 0.279. The van der Waals surface area contributed by atoms with E-state index in [0.717, 1.165) is 0 Å². The molecule has 0 unspecified atom stereocenters. The van der Waals surface area contributed by atoms with E-state index >= 15 is 0 Å². The third kappa shape index (κ3) is 3.57. The van der Waals surface area contributed by atoms with Crippen molar-refractivity contribution in [2.45, 2.75) is 6.92 Å². The highest BCUT2D eigenvalue weighted by Gasteiger charge is 1.99. The number of nitrogens with zero attached hydrogens (tertiary/aromatic N) is 1. The summed E-state index contributed by atoms with van der Waals surface area (Å²) in [4.78, 5) is 23.0. The normalized spacial score (nSPS) is 7.70. The summed E-state index contributed by atoms with van der Waals surface area (Å²) in [5.74, 6) is -0.556. The first-order chi connectivity index (χ1) is 4.68. The summed E-state index contributed by atoms with van der Waals surface area (Å²) in [6, 6.07) is 0. The molecule has 0 rings (SSSR count). The van der Waals surface area contributed by atoms with Gasteiger partial charge in [0.05, 0.1) is 0 Å². The molecule has 10 heavy (non-hydrogen) atoms. The van der Waals surface area contributed by atoms with Gasteiger partial charge in [0, 0.05) is 5.57 Å². The van der Waals surface area contributed by atoms with Crippen LogP contribution in [0.3, 0.4) is 0 Å². The first-order valence-corrected chi connectivity index (χ1v) is 2.54. The van der Waals surface area contributed by atoms with Crippen LogP contribution in [0.15, 0.2) is 17.1 Å². The molecule has 0 aromatic rings. The van der Waals surface area contributed by atoms with Gasteiger partial charge >= 0.3 is 5.97 Å². The summed E-state index contributed by atoms with van der Waals surface area (Å²) >= 11 is 0. The van der Waals surface area contributed by atoms with Crippen LogP contribution < -0.4 is 0 Å². The lowest BCUT2D eigenvalue weighted by Crippen LogP contribution is -2.04. The number of carbonyl (C=O) groups is 1. The van der Waals surface area contributed by atoms with E-state index in [4.69, 9.17) is 0 Å². The van der Waals surface area contributed by atoms with Gasteiger partial charge in [-0.05, 0) is 6.92 Å². The highest BCUT2D eigenvalue weighted by Crippen LogP contribution is 1.90. The van der Waals surface area contributed by atoms with Gasteiger partial charge < -0.3 is 4.74 Å². The number of isocyanates is 1.